The number of carbonyl (C=O) groups excluding carboxylic acids is 2. The summed E-state index contributed by atoms with van der Waals surface area (Å²) < 4.78 is 0.854. The van der Waals surface area contributed by atoms with E-state index in [2.05, 4.69) is 26.6 Å². The van der Waals surface area contributed by atoms with Crippen molar-refractivity contribution in [2.75, 3.05) is 42.7 Å². The highest BCUT2D eigenvalue weighted by Gasteiger charge is 2.28. The molecule has 0 saturated carbocycles. The van der Waals surface area contributed by atoms with Crippen molar-refractivity contribution in [1.29, 1.82) is 0 Å². The van der Waals surface area contributed by atoms with Crippen LogP contribution in [0.5, 0.6) is 0 Å². The lowest BCUT2D eigenvalue weighted by molar-refractivity contribution is -0.137. The summed E-state index contributed by atoms with van der Waals surface area (Å²) in [5.41, 5.74) is 5.73. The Morgan fingerprint density at radius 1 is 1.00 bits per heavy atom. The fraction of sp³-hybridized carbons (Fsp3) is 0.233. The number of fused-ring (bicyclic) bond motifs is 1. The summed E-state index contributed by atoms with van der Waals surface area (Å²) in [5.74, 6) is -1.13. The Morgan fingerprint density at radius 3 is 2.41 bits per heavy atom. The largest absolute Gasteiger partial charge is 0.481 e. The van der Waals surface area contributed by atoms with Gasteiger partial charge >= 0.3 is 5.97 Å². The molecule has 2 amide bonds. The van der Waals surface area contributed by atoms with Crippen LogP contribution in [0.3, 0.4) is 0 Å². The number of hydrogen-bond acceptors (Lipinski definition) is 5. The molecule has 4 rings (SSSR count). The summed E-state index contributed by atoms with van der Waals surface area (Å²) in [6, 6.07) is 20.7. The van der Waals surface area contributed by atoms with Crippen LogP contribution in [-0.2, 0) is 20.8 Å². The number of likely N-dealkylation sites (N-methyl/N-ethyl adjacent to an activating group) is 1. The number of aryl methyl sites for hydroxylation is 1. The lowest BCUT2D eigenvalue weighted by Crippen LogP contribution is -2.35. The Balaban J connectivity index is 1.74. The number of carboxylic acid groups (broad SMARTS) is 1. The first-order chi connectivity index (χ1) is 18.6. The molecule has 3 aromatic carbocycles. The maximum absolute atomic E-state index is 13.2. The molecule has 0 atom stereocenters. The van der Waals surface area contributed by atoms with Gasteiger partial charge in [0.1, 0.15) is 0 Å². The number of hydrogen-bond donors (Lipinski definition) is 3. The third-order valence-electron chi connectivity index (χ3n) is 6.42. The molecular formula is C30H31BrN4O4. The van der Waals surface area contributed by atoms with Gasteiger partial charge < -0.3 is 25.5 Å². The molecule has 0 aromatic heterocycles. The quantitative estimate of drug-likeness (QED) is 0.276. The van der Waals surface area contributed by atoms with Gasteiger partial charge in [0.15, 0.2) is 0 Å². The fourth-order valence-corrected chi connectivity index (χ4v) is 4.80. The van der Waals surface area contributed by atoms with Crippen molar-refractivity contribution in [2.24, 2.45) is 0 Å². The molecule has 9 heteroatoms. The fourth-order valence-electron chi connectivity index (χ4n) is 4.44. The minimum Gasteiger partial charge on any atom is -0.481 e. The normalized spacial score (nSPS) is 13.6. The van der Waals surface area contributed by atoms with Gasteiger partial charge in [0.2, 0.25) is 5.91 Å². The van der Waals surface area contributed by atoms with Gasteiger partial charge in [-0.15, -0.1) is 0 Å². The number of carbonyl (C=O) groups is 3. The van der Waals surface area contributed by atoms with Crippen LogP contribution in [0.4, 0.5) is 17.1 Å². The molecule has 1 aliphatic heterocycles. The van der Waals surface area contributed by atoms with E-state index < -0.39 is 5.97 Å². The number of benzene rings is 3. The van der Waals surface area contributed by atoms with E-state index in [4.69, 9.17) is 5.11 Å². The summed E-state index contributed by atoms with van der Waals surface area (Å²) in [5, 5.41) is 15.5. The monoisotopic (exact) mass is 590 g/mol. The van der Waals surface area contributed by atoms with Crippen molar-refractivity contribution in [3.63, 3.8) is 0 Å². The van der Waals surface area contributed by atoms with Crippen LogP contribution in [0.2, 0.25) is 0 Å². The van der Waals surface area contributed by atoms with Crippen molar-refractivity contribution >= 4 is 62.0 Å². The van der Waals surface area contributed by atoms with Crippen LogP contribution in [-0.4, -0.2) is 55.0 Å². The minimum absolute atomic E-state index is 0.0159. The third-order valence-corrected chi connectivity index (χ3v) is 6.91. The maximum atomic E-state index is 13.2. The van der Waals surface area contributed by atoms with E-state index in [-0.39, 0.29) is 18.2 Å². The molecule has 39 heavy (non-hydrogen) atoms. The number of aliphatic carboxylic acids is 1. The summed E-state index contributed by atoms with van der Waals surface area (Å²) in [6.45, 7) is 2.86. The van der Waals surface area contributed by atoms with Crippen LogP contribution in [0.25, 0.3) is 11.3 Å². The molecule has 0 spiro atoms. The molecule has 1 aliphatic rings. The standard InChI is InChI=1S/C30H31BrN4O4/c1-19(36)35(16-15-34(2)3)24-11-9-23(10-12-24)32-29(21-6-4-5-20(17-21)7-14-27(37)38)28-25-13-8-22(31)18-26(25)33-30(28)39/h4-6,8-13,17-18,32H,7,14-16H2,1-3H3,(H,33,39)(H,37,38). The van der Waals surface area contributed by atoms with E-state index >= 15 is 0 Å². The lowest BCUT2D eigenvalue weighted by Gasteiger charge is -2.23. The zero-order chi connectivity index (χ0) is 28.1. The number of nitrogens with one attached hydrogen (secondary N) is 2. The second kappa shape index (κ2) is 12.3. The van der Waals surface area contributed by atoms with Crippen LogP contribution in [0, 0.1) is 0 Å². The van der Waals surface area contributed by atoms with Crippen molar-refractivity contribution < 1.29 is 19.5 Å². The van der Waals surface area contributed by atoms with E-state index in [1.807, 2.05) is 85.7 Å². The molecule has 0 aliphatic carbocycles. The predicted molar refractivity (Wildman–Crippen MR) is 159 cm³/mol. The average molecular weight is 592 g/mol. The molecule has 3 aromatic rings. The molecule has 0 saturated heterocycles. The van der Waals surface area contributed by atoms with Crippen molar-refractivity contribution in [1.82, 2.24) is 4.90 Å². The topological polar surface area (TPSA) is 102 Å². The van der Waals surface area contributed by atoms with Crippen LogP contribution >= 0.6 is 15.9 Å². The van der Waals surface area contributed by atoms with E-state index in [0.717, 1.165) is 39.1 Å². The first-order valence-corrected chi connectivity index (χ1v) is 13.4. The summed E-state index contributed by atoms with van der Waals surface area (Å²) in [4.78, 5) is 40.4. The number of anilines is 3. The van der Waals surface area contributed by atoms with Crippen LogP contribution in [0.15, 0.2) is 71.2 Å². The smallest absolute Gasteiger partial charge is 0.303 e. The Bertz CT molecular complexity index is 1430. The highest BCUT2D eigenvalue weighted by Crippen LogP contribution is 2.39. The predicted octanol–water partition coefficient (Wildman–Crippen LogP) is 5.31. The summed E-state index contributed by atoms with van der Waals surface area (Å²) in [6.07, 6.45) is 0.395. The number of halogens is 1. The van der Waals surface area contributed by atoms with E-state index in [1.54, 1.807) is 11.8 Å². The molecule has 0 radical (unpaired) electrons. The van der Waals surface area contributed by atoms with Gasteiger partial charge in [-0.1, -0.05) is 40.2 Å². The Morgan fingerprint density at radius 2 is 1.74 bits per heavy atom. The summed E-state index contributed by atoms with van der Waals surface area (Å²) >= 11 is 3.46. The Kier molecular flexibility index (Phi) is 8.83. The minimum atomic E-state index is -0.864. The van der Waals surface area contributed by atoms with Gasteiger partial charge in [-0.2, -0.15) is 0 Å². The highest BCUT2D eigenvalue weighted by molar-refractivity contribution is 9.10. The third kappa shape index (κ3) is 6.93. The SMILES string of the molecule is CC(=O)N(CCN(C)C)c1ccc(NC(=C2C(=O)Nc3cc(Br)ccc32)c2cccc(CCC(=O)O)c2)cc1. The zero-order valence-corrected chi connectivity index (χ0v) is 23.7. The molecule has 3 N–H and O–H groups in total. The molecule has 1 heterocycles. The maximum Gasteiger partial charge on any atom is 0.303 e. The van der Waals surface area contributed by atoms with Gasteiger partial charge in [-0.05, 0) is 74.1 Å². The lowest BCUT2D eigenvalue weighted by atomic mass is 9.97. The number of nitrogens with zero attached hydrogens (tertiary/aromatic N) is 2. The van der Waals surface area contributed by atoms with Gasteiger partial charge in [0.05, 0.1) is 17.0 Å². The highest BCUT2D eigenvalue weighted by atomic mass is 79.9. The van der Waals surface area contributed by atoms with Crippen molar-refractivity contribution in [2.45, 2.75) is 19.8 Å². The molecule has 0 unspecified atom stereocenters. The first-order valence-electron chi connectivity index (χ1n) is 12.6. The van der Waals surface area contributed by atoms with E-state index in [9.17, 15) is 14.4 Å². The number of amides is 2. The molecular weight excluding hydrogens is 560 g/mol. The molecule has 202 valence electrons. The zero-order valence-electron chi connectivity index (χ0n) is 22.1. The molecule has 0 fully saturated rings. The molecule has 8 nitrogen and oxygen atoms in total. The average Bonchev–Trinajstić information content (AvgIpc) is 3.21. The number of rotatable bonds is 10. The second-order valence-electron chi connectivity index (χ2n) is 9.63. The van der Waals surface area contributed by atoms with Crippen molar-refractivity contribution in [3.8, 4) is 0 Å². The van der Waals surface area contributed by atoms with Gasteiger partial charge in [0, 0.05) is 47.8 Å². The number of carboxylic acids is 1. The Labute approximate surface area is 236 Å². The van der Waals surface area contributed by atoms with Crippen LogP contribution in [0.1, 0.15) is 30.0 Å². The van der Waals surface area contributed by atoms with Gasteiger partial charge in [0.25, 0.3) is 5.91 Å². The van der Waals surface area contributed by atoms with E-state index in [1.165, 1.54) is 0 Å². The van der Waals surface area contributed by atoms with Crippen LogP contribution < -0.4 is 15.5 Å². The van der Waals surface area contributed by atoms with Gasteiger partial charge in [-0.3, -0.25) is 14.4 Å². The van der Waals surface area contributed by atoms with Gasteiger partial charge in [-0.25, -0.2) is 0 Å². The second-order valence-corrected chi connectivity index (χ2v) is 10.5. The Hall–Kier alpha value is -3.95. The van der Waals surface area contributed by atoms with E-state index in [0.29, 0.717) is 29.9 Å². The molecule has 0 bridgehead atoms. The van der Waals surface area contributed by atoms with Crippen molar-refractivity contribution in [3.05, 3.63) is 87.9 Å². The summed E-state index contributed by atoms with van der Waals surface area (Å²) in [7, 11) is 3.93. The first kappa shape index (κ1) is 28.1.